The van der Waals surface area contributed by atoms with Gasteiger partial charge in [0, 0.05) is 0 Å². The average molecular weight is 438 g/mol. The molecule has 0 saturated carbocycles. The lowest BCUT2D eigenvalue weighted by atomic mass is 10.1. The molecule has 7 nitrogen and oxygen atoms in total. The first kappa shape index (κ1) is 21.3. The zero-order chi connectivity index (χ0) is 21.9. The largest absolute Gasteiger partial charge is 0.416 e. The first-order chi connectivity index (χ1) is 14.2. The molecule has 0 aliphatic heterocycles. The molecule has 0 aliphatic rings. The number of benzene rings is 2. The average Bonchev–Trinajstić information content (AvgIpc) is 2.69. The van der Waals surface area contributed by atoms with Crippen molar-refractivity contribution in [2.75, 3.05) is 10.6 Å². The molecule has 0 amide bonds. The summed E-state index contributed by atoms with van der Waals surface area (Å²) in [4.78, 5) is 18.7. The fourth-order valence-electron chi connectivity index (χ4n) is 2.70. The molecule has 156 valence electrons. The van der Waals surface area contributed by atoms with E-state index in [0.29, 0.717) is 0 Å². The minimum atomic E-state index is -4.60. The van der Waals surface area contributed by atoms with E-state index in [9.17, 15) is 23.3 Å². The van der Waals surface area contributed by atoms with Crippen LogP contribution in [0.3, 0.4) is 0 Å². The normalized spacial score (nSPS) is 12.3. The van der Waals surface area contributed by atoms with Gasteiger partial charge in [0.15, 0.2) is 0 Å². The van der Waals surface area contributed by atoms with Crippen LogP contribution < -0.4 is 10.6 Å². The maximum Gasteiger partial charge on any atom is 0.416 e. The molecule has 2 aromatic carbocycles. The van der Waals surface area contributed by atoms with Crippen LogP contribution in [0.15, 0.2) is 54.9 Å². The number of nitro groups is 1. The molecule has 1 heterocycles. The molecular weight excluding hydrogens is 423 g/mol. The van der Waals surface area contributed by atoms with Gasteiger partial charge in [-0.15, -0.1) is 0 Å². The van der Waals surface area contributed by atoms with Crippen molar-refractivity contribution in [2.45, 2.75) is 19.1 Å². The Morgan fingerprint density at radius 1 is 1.10 bits per heavy atom. The smallest absolute Gasteiger partial charge is 0.358 e. The summed E-state index contributed by atoms with van der Waals surface area (Å²) in [5.41, 5.74) is -0.785. The predicted octanol–water partition coefficient (Wildman–Crippen LogP) is 5.97. The van der Waals surface area contributed by atoms with Crippen LogP contribution in [0.25, 0.3) is 0 Å². The molecule has 3 rings (SSSR count). The Hall–Kier alpha value is -3.40. The van der Waals surface area contributed by atoms with E-state index in [0.717, 1.165) is 30.1 Å². The SMILES string of the molecule is CC(Nc1ncnc(Nc2cc(C(F)(F)F)ccc2Cl)c1[N+](=O)[O-])c1ccccc1. The molecule has 0 spiro atoms. The van der Waals surface area contributed by atoms with Gasteiger partial charge in [0.2, 0.25) is 11.6 Å². The number of anilines is 3. The molecule has 0 saturated heterocycles. The Morgan fingerprint density at radius 2 is 1.77 bits per heavy atom. The van der Waals surface area contributed by atoms with Gasteiger partial charge in [0.1, 0.15) is 6.33 Å². The second-order valence-corrected chi connectivity index (χ2v) is 6.68. The predicted molar refractivity (Wildman–Crippen MR) is 107 cm³/mol. The van der Waals surface area contributed by atoms with Gasteiger partial charge in [-0.25, -0.2) is 9.97 Å². The van der Waals surface area contributed by atoms with Crippen LogP contribution in [0.1, 0.15) is 24.1 Å². The lowest BCUT2D eigenvalue weighted by molar-refractivity contribution is -0.383. The first-order valence-corrected chi connectivity index (χ1v) is 8.99. The number of hydrogen-bond acceptors (Lipinski definition) is 6. The van der Waals surface area contributed by atoms with E-state index in [1.807, 2.05) is 30.3 Å². The maximum absolute atomic E-state index is 13.0. The fourth-order valence-corrected chi connectivity index (χ4v) is 2.87. The van der Waals surface area contributed by atoms with Crippen LogP contribution in [0.2, 0.25) is 5.02 Å². The van der Waals surface area contributed by atoms with Gasteiger partial charge < -0.3 is 10.6 Å². The summed E-state index contributed by atoms with van der Waals surface area (Å²) in [6, 6.07) is 11.5. The van der Waals surface area contributed by atoms with Gasteiger partial charge in [0.05, 0.1) is 27.2 Å². The second kappa shape index (κ2) is 8.54. The number of rotatable bonds is 6. The number of hydrogen-bond donors (Lipinski definition) is 2. The number of alkyl halides is 3. The van der Waals surface area contributed by atoms with Crippen LogP contribution in [0.5, 0.6) is 0 Å². The first-order valence-electron chi connectivity index (χ1n) is 8.61. The maximum atomic E-state index is 13.0. The summed E-state index contributed by atoms with van der Waals surface area (Å²) in [5.74, 6) is -0.379. The summed E-state index contributed by atoms with van der Waals surface area (Å²) < 4.78 is 39.0. The van der Waals surface area contributed by atoms with Gasteiger partial charge in [-0.1, -0.05) is 41.9 Å². The third-order valence-electron chi connectivity index (χ3n) is 4.20. The second-order valence-electron chi connectivity index (χ2n) is 6.27. The lowest BCUT2D eigenvalue weighted by Gasteiger charge is -2.16. The molecule has 1 unspecified atom stereocenters. The number of nitrogens with zero attached hydrogens (tertiary/aromatic N) is 3. The van der Waals surface area contributed by atoms with Crippen molar-refractivity contribution in [2.24, 2.45) is 0 Å². The highest BCUT2D eigenvalue weighted by atomic mass is 35.5. The van der Waals surface area contributed by atoms with Gasteiger partial charge in [0.25, 0.3) is 0 Å². The van der Waals surface area contributed by atoms with Gasteiger partial charge in [-0.2, -0.15) is 13.2 Å². The standard InChI is InChI=1S/C19H15ClF3N5O2/c1-11(12-5-3-2-4-6-12)26-17-16(28(29)30)18(25-10-24-17)27-15-9-13(19(21,22)23)7-8-14(15)20/h2-11H,1H3,(H2,24,25,26,27). The number of halogens is 4. The number of aromatic nitrogens is 2. The van der Waals surface area contributed by atoms with E-state index in [1.54, 1.807) is 6.92 Å². The lowest BCUT2D eigenvalue weighted by Crippen LogP contribution is -2.12. The van der Waals surface area contributed by atoms with Crippen molar-refractivity contribution in [1.82, 2.24) is 9.97 Å². The van der Waals surface area contributed by atoms with Crippen molar-refractivity contribution in [1.29, 1.82) is 0 Å². The highest BCUT2D eigenvalue weighted by Crippen LogP contribution is 2.38. The summed E-state index contributed by atoms with van der Waals surface area (Å²) in [5, 5.41) is 17.1. The Kier molecular flexibility index (Phi) is 6.06. The molecule has 2 N–H and O–H groups in total. The van der Waals surface area contributed by atoms with E-state index in [-0.39, 0.29) is 28.4 Å². The Labute approximate surface area is 174 Å². The topological polar surface area (TPSA) is 93.0 Å². The fraction of sp³-hybridized carbons (Fsp3) is 0.158. The van der Waals surface area contributed by atoms with E-state index >= 15 is 0 Å². The van der Waals surface area contributed by atoms with Crippen molar-refractivity contribution < 1.29 is 18.1 Å². The number of nitrogens with one attached hydrogen (secondary N) is 2. The molecule has 3 aromatic rings. The Morgan fingerprint density at radius 3 is 2.40 bits per heavy atom. The van der Waals surface area contributed by atoms with Gasteiger partial charge >= 0.3 is 11.9 Å². The third kappa shape index (κ3) is 4.77. The minimum Gasteiger partial charge on any atom is -0.358 e. The Bertz CT molecular complexity index is 1060. The summed E-state index contributed by atoms with van der Waals surface area (Å²) in [6.07, 6.45) is -3.53. The molecule has 0 bridgehead atoms. The van der Waals surface area contributed by atoms with Crippen molar-refractivity contribution in [3.05, 3.63) is 81.1 Å². The summed E-state index contributed by atoms with van der Waals surface area (Å²) >= 11 is 5.97. The molecule has 1 atom stereocenters. The van der Waals surface area contributed by atoms with Crippen molar-refractivity contribution in [3.63, 3.8) is 0 Å². The zero-order valence-electron chi connectivity index (χ0n) is 15.4. The van der Waals surface area contributed by atoms with Crippen molar-refractivity contribution in [3.8, 4) is 0 Å². The zero-order valence-corrected chi connectivity index (χ0v) is 16.2. The highest BCUT2D eigenvalue weighted by Gasteiger charge is 2.31. The van der Waals surface area contributed by atoms with Crippen molar-refractivity contribution >= 4 is 34.6 Å². The monoisotopic (exact) mass is 437 g/mol. The molecule has 0 aliphatic carbocycles. The van der Waals surface area contributed by atoms with E-state index in [4.69, 9.17) is 11.6 Å². The molecule has 0 fully saturated rings. The van der Waals surface area contributed by atoms with Crippen LogP contribution in [0.4, 0.5) is 36.2 Å². The molecule has 30 heavy (non-hydrogen) atoms. The van der Waals surface area contributed by atoms with E-state index < -0.39 is 22.4 Å². The van der Waals surface area contributed by atoms with Crippen LogP contribution >= 0.6 is 11.6 Å². The van der Waals surface area contributed by atoms with Crippen LogP contribution in [0, 0.1) is 10.1 Å². The van der Waals surface area contributed by atoms with Gasteiger partial charge in [-0.05, 0) is 30.7 Å². The van der Waals surface area contributed by atoms with Crippen LogP contribution in [-0.2, 0) is 6.18 Å². The highest BCUT2D eigenvalue weighted by molar-refractivity contribution is 6.33. The summed E-state index contributed by atoms with van der Waals surface area (Å²) in [7, 11) is 0. The molecular formula is C19H15ClF3N5O2. The van der Waals surface area contributed by atoms with Crippen LogP contribution in [-0.4, -0.2) is 14.9 Å². The molecule has 11 heteroatoms. The summed E-state index contributed by atoms with van der Waals surface area (Å²) in [6.45, 7) is 1.79. The quantitative estimate of drug-likeness (QED) is 0.364. The van der Waals surface area contributed by atoms with E-state index in [1.165, 1.54) is 0 Å². The van der Waals surface area contributed by atoms with Gasteiger partial charge in [-0.3, -0.25) is 10.1 Å². The molecule has 1 aromatic heterocycles. The molecule has 0 radical (unpaired) electrons. The minimum absolute atomic E-state index is 0.0527. The van der Waals surface area contributed by atoms with E-state index in [2.05, 4.69) is 20.6 Å². The Balaban J connectivity index is 1.97. The third-order valence-corrected chi connectivity index (χ3v) is 4.53.